The third kappa shape index (κ3) is 3.59. The molecule has 0 spiro atoms. The maximum Gasteiger partial charge on any atom is 0.277 e. The molecule has 136 valence electrons. The number of ether oxygens (including phenoxy) is 1. The Labute approximate surface area is 159 Å². The third-order valence-electron chi connectivity index (χ3n) is 4.04. The van der Waals surface area contributed by atoms with E-state index in [0.29, 0.717) is 29.0 Å². The number of hydrogen-bond acceptors (Lipinski definition) is 6. The SMILES string of the molecule is CCOc1ccccc1-c1nnc(SCC(=O)c2c[nH]c3ccccc23)o1. The van der Waals surface area contributed by atoms with Crippen LogP contribution < -0.4 is 4.74 Å². The lowest BCUT2D eigenvalue weighted by Gasteiger charge is -2.05. The fraction of sp³-hybridized carbons (Fsp3) is 0.150. The van der Waals surface area contributed by atoms with E-state index in [1.807, 2.05) is 55.5 Å². The predicted octanol–water partition coefficient (Wildman–Crippen LogP) is 4.59. The summed E-state index contributed by atoms with van der Waals surface area (Å²) in [7, 11) is 0. The number of carbonyl (C=O) groups excluding carboxylic acids is 1. The molecule has 0 aliphatic rings. The molecule has 4 aromatic rings. The number of H-pyrrole nitrogens is 1. The topological polar surface area (TPSA) is 81.0 Å². The summed E-state index contributed by atoms with van der Waals surface area (Å²) in [6.07, 6.45) is 1.74. The van der Waals surface area contributed by atoms with Crippen LogP contribution in [-0.4, -0.2) is 33.3 Å². The minimum absolute atomic E-state index is 0.00640. The summed E-state index contributed by atoms with van der Waals surface area (Å²) in [4.78, 5) is 15.7. The molecule has 0 aliphatic carbocycles. The molecule has 0 saturated carbocycles. The number of nitrogens with one attached hydrogen (secondary N) is 1. The average molecular weight is 379 g/mol. The number of rotatable bonds is 7. The average Bonchev–Trinajstić information content (AvgIpc) is 3.34. The highest BCUT2D eigenvalue weighted by Gasteiger charge is 2.16. The molecule has 1 N–H and O–H groups in total. The van der Waals surface area contributed by atoms with E-state index in [2.05, 4.69) is 15.2 Å². The molecule has 4 rings (SSSR count). The van der Waals surface area contributed by atoms with Gasteiger partial charge in [0, 0.05) is 22.7 Å². The Morgan fingerprint density at radius 1 is 1.15 bits per heavy atom. The Balaban J connectivity index is 1.48. The van der Waals surface area contributed by atoms with Crippen molar-refractivity contribution >= 4 is 28.4 Å². The fourth-order valence-corrected chi connectivity index (χ4v) is 3.46. The molecule has 0 amide bonds. The monoisotopic (exact) mass is 379 g/mol. The van der Waals surface area contributed by atoms with Crippen molar-refractivity contribution in [1.29, 1.82) is 0 Å². The number of benzene rings is 2. The van der Waals surface area contributed by atoms with E-state index in [1.54, 1.807) is 6.20 Å². The van der Waals surface area contributed by atoms with Gasteiger partial charge in [0.1, 0.15) is 5.75 Å². The molecule has 2 heterocycles. The summed E-state index contributed by atoms with van der Waals surface area (Å²) < 4.78 is 11.3. The molecule has 0 atom stereocenters. The molecule has 0 unspecified atom stereocenters. The van der Waals surface area contributed by atoms with Gasteiger partial charge in [-0.15, -0.1) is 10.2 Å². The molecule has 0 bridgehead atoms. The normalized spacial score (nSPS) is 11.0. The van der Waals surface area contributed by atoms with Gasteiger partial charge < -0.3 is 14.1 Å². The summed E-state index contributed by atoms with van der Waals surface area (Å²) in [5.41, 5.74) is 2.35. The lowest BCUT2D eigenvalue weighted by atomic mass is 10.1. The largest absolute Gasteiger partial charge is 0.493 e. The molecule has 7 heteroatoms. The molecule has 6 nitrogen and oxygen atoms in total. The molecular weight excluding hydrogens is 362 g/mol. The number of nitrogens with zero attached hydrogens (tertiary/aromatic N) is 2. The van der Waals surface area contributed by atoms with Crippen LogP contribution in [0, 0.1) is 0 Å². The molecule has 0 saturated heterocycles. The minimum Gasteiger partial charge on any atom is -0.493 e. The first-order chi connectivity index (χ1) is 13.3. The number of ketones is 1. The van der Waals surface area contributed by atoms with Crippen molar-refractivity contribution in [3.05, 3.63) is 60.3 Å². The van der Waals surface area contributed by atoms with E-state index in [-0.39, 0.29) is 11.5 Å². The van der Waals surface area contributed by atoms with Crippen LogP contribution in [0.25, 0.3) is 22.4 Å². The number of aromatic nitrogens is 3. The van der Waals surface area contributed by atoms with Crippen LogP contribution in [0.5, 0.6) is 5.75 Å². The maximum absolute atomic E-state index is 12.6. The second kappa shape index (κ2) is 7.67. The Morgan fingerprint density at radius 2 is 1.96 bits per heavy atom. The predicted molar refractivity (Wildman–Crippen MR) is 104 cm³/mol. The molecule has 0 aliphatic heterocycles. The van der Waals surface area contributed by atoms with Crippen molar-refractivity contribution in [3.8, 4) is 17.2 Å². The van der Waals surface area contributed by atoms with Crippen LogP contribution in [0.1, 0.15) is 17.3 Å². The first-order valence-electron chi connectivity index (χ1n) is 8.54. The molecule has 0 radical (unpaired) electrons. The molecule has 0 fully saturated rings. The summed E-state index contributed by atoms with van der Waals surface area (Å²) in [5, 5.41) is 9.39. The number of thioether (sulfide) groups is 1. The van der Waals surface area contributed by atoms with E-state index in [0.717, 1.165) is 16.5 Å². The molecule has 27 heavy (non-hydrogen) atoms. The van der Waals surface area contributed by atoms with Gasteiger partial charge >= 0.3 is 0 Å². The summed E-state index contributed by atoms with van der Waals surface area (Å²) in [5.74, 6) is 1.29. The first-order valence-corrected chi connectivity index (χ1v) is 9.52. The number of para-hydroxylation sites is 2. The van der Waals surface area contributed by atoms with Crippen LogP contribution in [0.15, 0.2) is 64.4 Å². The quantitative estimate of drug-likeness (QED) is 0.374. The van der Waals surface area contributed by atoms with Gasteiger partial charge in [0.25, 0.3) is 11.1 Å². The number of fused-ring (bicyclic) bond motifs is 1. The zero-order chi connectivity index (χ0) is 18.6. The highest BCUT2D eigenvalue weighted by Crippen LogP contribution is 2.31. The number of aromatic amines is 1. The van der Waals surface area contributed by atoms with Crippen LogP contribution in [0.3, 0.4) is 0 Å². The first kappa shape index (κ1) is 17.4. The van der Waals surface area contributed by atoms with Crippen molar-refractivity contribution in [1.82, 2.24) is 15.2 Å². The maximum atomic E-state index is 12.6. The van der Waals surface area contributed by atoms with Gasteiger partial charge in [-0.05, 0) is 25.1 Å². The standard InChI is InChI=1S/C20H17N3O3S/c1-2-25-18-10-6-4-8-14(18)19-22-23-20(26-19)27-12-17(24)15-11-21-16-9-5-3-7-13(15)16/h3-11,21H,2,12H2,1H3. The molecular formula is C20H17N3O3S. The van der Waals surface area contributed by atoms with E-state index >= 15 is 0 Å². The van der Waals surface area contributed by atoms with Crippen LogP contribution in [0.2, 0.25) is 0 Å². The van der Waals surface area contributed by atoms with Gasteiger partial charge in [0.15, 0.2) is 5.78 Å². The molecule has 2 aromatic heterocycles. The van der Waals surface area contributed by atoms with Crippen LogP contribution >= 0.6 is 11.8 Å². The number of carbonyl (C=O) groups is 1. The lowest BCUT2D eigenvalue weighted by molar-refractivity contribution is 0.102. The highest BCUT2D eigenvalue weighted by molar-refractivity contribution is 7.99. The van der Waals surface area contributed by atoms with E-state index in [9.17, 15) is 4.79 Å². The van der Waals surface area contributed by atoms with Crippen molar-refractivity contribution in [2.75, 3.05) is 12.4 Å². The third-order valence-corrected chi connectivity index (χ3v) is 4.86. The van der Waals surface area contributed by atoms with Gasteiger partial charge in [-0.25, -0.2) is 0 Å². The van der Waals surface area contributed by atoms with Crippen molar-refractivity contribution < 1.29 is 13.9 Å². The Kier molecular flexibility index (Phi) is 4.93. The summed E-state index contributed by atoms with van der Waals surface area (Å²) >= 11 is 1.23. The van der Waals surface area contributed by atoms with Crippen LogP contribution in [-0.2, 0) is 0 Å². The molecule has 2 aromatic carbocycles. The second-order valence-electron chi connectivity index (χ2n) is 5.76. The summed E-state index contributed by atoms with van der Waals surface area (Å²) in [6.45, 7) is 2.47. The van der Waals surface area contributed by atoms with Gasteiger partial charge in [0.05, 0.1) is 17.9 Å². The van der Waals surface area contributed by atoms with Crippen molar-refractivity contribution in [2.45, 2.75) is 12.1 Å². The zero-order valence-corrected chi connectivity index (χ0v) is 15.5. The Bertz CT molecular complexity index is 1090. The summed E-state index contributed by atoms with van der Waals surface area (Å²) in [6, 6.07) is 15.2. The second-order valence-corrected chi connectivity index (χ2v) is 6.69. The highest BCUT2D eigenvalue weighted by atomic mass is 32.2. The number of Topliss-reactive ketones (excluding diaryl/α,β-unsaturated/α-hetero) is 1. The Morgan fingerprint density at radius 3 is 2.85 bits per heavy atom. The van der Waals surface area contributed by atoms with Gasteiger partial charge in [-0.1, -0.05) is 42.1 Å². The Hall–Kier alpha value is -3.06. The van der Waals surface area contributed by atoms with Gasteiger partial charge in [-0.2, -0.15) is 0 Å². The van der Waals surface area contributed by atoms with Crippen molar-refractivity contribution in [3.63, 3.8) is 0 Å². The zero-order valence-electron chi connectivity index (χ0n) is 14.6. The minimum atomic E-state index is 0.00640. The number of hydrogen-bond donors (Lipinski definition) is 1. The fourth-order valence-electron chi connectivity index (χ4n) is 2.81. The van der Waals surface area contributed by atoms with E-state index in [1.165, 1.54) is 11.8 Å². The lowest BCUT2D eigenvalue weighted by Crippen LogP contribution is -2.01. The smallest absolute Gasteiger partial charge is 0.277 e. The van der Waals surface area contributed by atoms with E-state index in [4.69, 9.17) is 9.15 Å². The van der Waals surface area contributed by atoms with Crippen LogP contribution in [0.4, 0.5) is 0 Å². The van der Waals surface area contributed by atoms with Crippen molar-refractivity contribution in [2.24, 2.45) is 0 Å². The van der Waals surface area contributed by atoms with Gasteiger partial charge in [0.2, 0.25) is 0 Å². The van der Waals surface area contributed by atoms with E-state index < -0.39 is 0 Å². The van der Waals surface area contributed by atoms with Gasteiger partial charge in [-0.3, -0.25) is 4.79 Å².